The van der Waals surface area contributed by atoms with Crippen LogP contribution in [-0.4, -0.2) is 40.1 Å². The molecule has 29 heavy (non-hydrogen) atoms. The van der Waals surface area contributed by atoms with Crippen LogP contribution in [0.25, 0.3) is 6.08 Å². The maximum atomic E-state index is 13.6. The summed E-state index contributed by atoms with van der Waals surface area (Å²) in [5.74, 6) is -1.70. The first kappa shape index (κ1) is 18.3. The average Bonchev–Trinajstić information content (AvgIpc) is 3.37. The van der Waals surface area contributed by atoms with Crippen LogP contribution in [-0.2, 0) is 9.59 Å². The quantitative estimate of drug-likeness (QED) is 0.565. The van der Waals surface area contributed by atoms with E-state index in [-0.39, 0.29) is 23.6 Å². The molecule has 5 nitrogen and oxygen atoms in total. The molecule has 3 aliphatic rings. The Morgan fingerprint density at radius 2 is 1.72 bits per heavy atom. The highest BCUT2D eigenvalue weighted by Crippen LogP contribution is 2.50. The number of carbonyl (C=O) groups is 3. The van der Waals surface area contributed by atoms with Crippen LogP contribution in [0.15, 0.2) is 47.9 Å². The van der Waals surface area contributed by atoms with Crippen molar-refractivity contribution < 1.29 is 14.4 Å². The Kier molecular flexibility index (Phi) is 3.87. The summed E-state index contributed by atoms with van der Waals surface area (Å²) in [6.07, 6.45) is 3.99. The highest BCUT2D eigenvalue weighted by Gasteiger charge is 2.65. The van der Waals surface area contributed by atoms with E-state index in [2.05, 4.69) is 0 Å². The number of hydrogen-bond acceptors (Lipinski definition) is 5. The molecule has 0 unspecified atom stereocenters. The van der Waals surface area contributed by atoms with E-state index in [1.165, 1.54) is 16.2 Å². The lowest BCUT2D eigenvalue weighted by Crippen LogP contribution is -2.52. The Labute approximate surface area is 173 Å². The van der Waals surface area contributed by atoms with Gasteiger partial charge in [-0.3, -0.25) is 19.3 Å². The Morgan fingerprint density at radius 1 is 1.00 bits per heavy atom. The van der Waals surface area contributed by atoms with E-state index in [1.54, 1.807) is 6.07 Å². The average molecular weight is 407 g/mol. The number of thiophene rings is 1. The Morgan fingerprint density at radius 3 is 2.41 bits per heavy atom. The molecule has 2 fully saturated rings. The molecule has 0 saturated carbocycles. The molecule has 1 aromatic carbocycles. The molecule has 0 N–H and O–H groups in total. The van der Waals surface area contributed by atoms with Gasteiger partial charge in [0.05, 0.1) is 22.8 Å². The number of anilines is 1. The second-order valence-electron chi connectivity index (χ2n) is 8.84. The van der Waals surface area contributed by atoms with Crippen LogP contribution in [0.1, 0.15) is 36.0 Å². The fraction of sp³-hybridized carbons (Fsp3) is 0.348. The fourth-order valence-electron chi connectivity index (χ4n) is 5.04. The van der Waals surface area contributed by atoms with Crippen LogP contribution in [0.3, 0.4) is 0 Å². The number of amides is 2. The summed E-state index contributed by atoms with van der Waals surface area (Å²) in [4.78, 5) is 44.5. The van der Waals surface area contributed by atoms with Gasteiger partial charge in [-0.15, -0.1) is 11.3 Å². The maximum Gasteiger partial charge on any atom is 0.236 e. The van der Waals surface area contributed by atoms with E-state index < -0.39 is 23.4 Å². The molecule has 1 aromatic heterocycles. The minimum atomic E-state index is -0.682. The predicted octanol–water partition coefficient (Wildman–Crippen LogP) is 3.61. The van der Waals surface area contributed by atoms with Gasteiger partial charge < -0.3 is 4.90 Å². The summed E-state index contributed by atoms with van der Waals surface area (Å²) >= 11 is 1.38. The lowest BCUT2D eigenvalue weighted by Gasteiger charge is -2.38. The first-order valence-electron chi connectivity index (χ1n) is 9.82. The van der Waals surface area contributed by atoms with Crippen molar-refractivity contribution in [1.82, 2.24) is 4.90 Å². The summed E-state index contributed by atoms with van der Waals surface area (Å²) in [6.45, 7) is 5.59. The van der Waals surface area contributed by atoms with Gasteiger partial charge in [0.2, 0.25) is 11.8 Å². The van der Waals surface area contributed by atoms with Gasteiger partial charge in [0, 0.05) is 11.2 Å². The number of ketones is 1. The van der Waals surface area contributed by atoms with Gasteiger partial charge in [0.25, 0.3) is 0 Å². The van der Waals surface area contributed by atoms with Crippen LogP contribution in [0.5, 0.6) is 0 Å². The van der Waals surface area contributed by atoms with Crippen molar-refractivity contribution in [3.63, 3.8) is 0 Å². The summed E-state index contributed by atoms with van der Waals surface area (Å²) < 4.78 is 0. The number of fused-ring (bicyclic) bond motifs is 5. The van der Waals surface area contributed by atoms with E-state index in [1.807, 2.05) is 73.5 Å². The molecular weight excluding hydrogens is 384 g/mol. The van der Waals surface area contributed by atoms with Crippen molar-refractivity contribution in [3.8, 4) is 0 Å². The standard InChI is InChI=1S/C23H22N2O3S/c1-23(2,3)25-21(27)17-15-11-10-13-7-4-5-8-14(13)24(15)19(18(17)22(25)28)20(26)16-9-6-12-29-16/h4-12,15,17-19H,1-3H3/t15-,17-,18-,19+/m0/s1. The van der Waals surface area contributed by atoms with Crippen LogP contribution in [0.2, 0.25) is 0 Å². The molecule has 2 saturated heterocycles. The highest BCUT2D eigenvalue weighted by atomic mass is 32.1. The molecule has 148 valence electrons. The molecule has 4 atom stereocenters. The molecule has 2 aromatic rings. The lowest BCUT2D eigenvalue weighted by atomic mass is 9.87. The van der Waals surface area contributed by atoms with Gasteiger partial charge >= 0.3 is 0 Å². The van der Waals surface area contributed by atoms with Crippen molar-refractivity contribution in [2.24, 2.45) is 11.8 Å². The molecular formula is C23H22N2O3S. The van der Waals surface area contributed by atoms with Gasteiger partial charge in [-0.1, -0.05) is 36.4 Å². The number of nitrogens with zero attached hydrogens (tertiary/aromatic N) is 2. The topological polar surface area (TPSA) is 57.7 Å². The van der Waals surface area contributed by atoms with Crippen molar-refractivity contribution in [2.45, 2.75) is 38.4 Å². The van der Waals surface area contributed by atoms with E-state index >= 15 is 0 Å². The molecule has 0 bridgehead atoms. The van der Waals surface area contributed by atoms with Crippen molar-refractivity contribution in [1.29, 1.82) is 0 Å². The minimum absolute atomic E-state index is 0.0838. The Balaban J connectivity index is 1.68. The smallest absolute Gasteiger partial charge is 0.236 e. The van der Waals surface area contributed by atoms with E-state index in [0.29, 0.717) is 4.88 Å². The summed E-state index contributed by atoms with van der Waals surface area (Å²) in [5.41, 5.74) is 1.29. The van der Waals surface area contributed by atoms with Crippen LogP contribution < -0.4 is 4.90 Å². The molecule has 0 spiro atoms. The zero-order valence-electron chi connectivity index (χ0n) is 16.5. The lowest BCUT2D eigenvalue weighted by molar-refractivity contribution is -0.145. The summed E-state index contributed by atoms with van der Waals surface area (Å²) in [6, 6.07) is 10.5. The molecule has 6 heteroatoms. The van der Waals surface area contributed by atoms with Crippen molar-refractivity contribution in [2.75, 3.05) is 4.90 Å². The first-order valence-corrected chi connectivity index (χ1v) is 10.7. The van der Waals surface area contributed by atoms with Gasteiger partial charge in [0.1, 0.15) is 6.04 Å². The van der Waals surface area contributed by atoms with Crippen LogP contribution in [0.4, 0.5) is 5.69 Å². The number of rotatable bonds is 2. The molecule has 0 aliphatic carbocycles. The number of Topliss-reactive ketones (excluding diaryl/α,β-unsaturated/α-hetero) is 1. The molecule has 4 heterocycles. The molecule has 5 rings (SSSR count). The number of hydrogen-bond donors (Lipinski definition) is 0. The van der Waals surface area contributed by atoms with Crippen LogP contribution >= 0.6 is 11.3 Å². The van der Waals surface area contributed by atoms with Gasteiger partial charge in [-0.2, -0.15) is 0 Å². The number of carbonyl (C=O) groups excluding carboxylic acids is 3. The third-order valence-corrected chi connectivity index (χ3v) is 7.00. The maximum absolute atomic E-state index is 13.6. The number of imide groups is 1. The largest absolute Gasteiger partial charge is 0.352 e. The number of likely N-dealkylation sites (tertiary alicyclic amines) is 1. The zero-order chi connectivity index (χ0) is 20.5. The van der Waals surface area contributed by atoms with E-state index in [4.69, 9.17) is 0 Å². The molecule has 2 amide bonds. The third-order valence-electron chi connectivity index (χ3n) is 6.12. The fourth-order valence-corrected chi connectivity index (χ4v) is 5.74. The zero-order valence-corrected chi connectivity index (χ0v) is 17.3. The molecule has 3 aliphatic heterocycles. The first-order chi connectivity index (χ1) is 13.8. The van der Waals surface area contributed by atoms with Gasteiger partial charge in [-0.25, -0.2) is 0 Å². The Bertz CT molecular complexity index is 1050. The summed E-state index contributed by atoms with van der Waals surface area (Å²) in [7, 11) is 0. The molecule has 0 radical (unpaired) electrons. The number of benzene rings is 1. The third kappa shape index (κ3) is 2.48. The minimum Gasteiger partial charge on any atom is -0.352 e. The second kappa shape index (κ2) is 6.13. The normalized spacial score (nSPS) is 27.8. The van der Waals surface area contributed by atoms with Gasteiger partial charge in [0.15, 0.2) is 5.78 Å². The van der Waals surface area contributed by atoms with Crippen LogP contribution in [0, 0.1) is 11.8 Å². The van der Waals surface area contributed by atoms with E-state index in [0.717, 1.165) is 11.3 Å². The Hall–Kier alpha value is -2.73. The highest BCUT2D eigenvalue weighted by molar-refractivity contribution is 7.12. The predicted molar refractivity (Wildman–Crippen MR) is 113 cm³/mol. The second-order valence-corrected chi connectivity index (χ2v) is 9.78. The summed E-state index contributed by atoms with van der Waals surface area (Å²) in [5, 5.41) is 1.87. The van der Waals surface area contributed by atoms with Gasteiger partial charge in [-0.05, 0) is 43.8 Å². The number of para-hydroxylation sites is 1. The van der Waals surface area contributed by atoms with E-state index in [9.17, 15) is 14.4 Å². The monoisotopic (exact) mass is 406 g/mol. The SMILES string of the molecule is CC(C)(C)N1C(=O)[C@@H]2[C@H](C1=O)[C@H](C(=O)c1cccs1)N1c3ccccc3C=C[C@@H]21. The van der Waals surface area contributed by atoms with Crippen molar-refractivity contribution in [3.05, 3.63) is 58.3 Å². The van der Waals surface area contributed by atoms with Crippen molar-refractivity contribution >= 4 is 40.7 Å².